The fraction of sp³-hybridized carbons (Fsp3) is 0.532. The molecule has 2 heterocycles. The lowest BCUT2D eigenvalue weighted by molar-refractivity contribution is -0.303. The molecular formula is C47H63IO14Si2. The highest BCUT2D eigenvalue weighted by Crippen LogP contribution is 2.45. The molecule has 0 aromatic heterocycles. The highest BCUT2D eigenvalue weighted by molar-refractivity contribution is 14.1. The summed E-state index contributed by atoms with van der Waals surface area (Å²) in [5, 5.41) is 11.3. The lowest BCUT2D eigenvalue weighted by atomic mass is 9.97. The lowest BCUT2D eigenvalue weighted by Crippen LogP contribution is -2.65. The first-order valence-corrected chi connectivity index (χ1v) is 28.5. The van der Waals surface area contributed by atoms with Gasteiger partial charge in [0.1, 0.15) is 24.9 Å². The van der Waals surface area contributed by atoms with Crippen LogP contribution in [0.5, 0.6) is 0 Å². The van der Waals surface area contributed by atoms with E-state index in [4.69, 9.17) is 42.0 Å². The van der Waals surface area contributed by atoms with Crippen LogP contribution in [0.2, 0.25) is 36.3 Å². The number of halogens is 1. The van der Waals surface area contributed by atoms with Crippen molar-refractivity contribution in [2.45, 2.75) is 144 Å². The topological polar surface area (TPSA) is 172 Å². The molecule has 2 saturated heterocycles. The Balaban J connectivity index is 1.54. The van der Waals surface area contributed by atoms with Gasteiger partial charge >= 0.3 is 23.9 Å². The molecule has 10 atom stereocenters. The molecule has 2 fully saturated rings. The number of hydrogen-bond acceptors (Lipinski definition) is 14. The summed E-state index contributed by atoms with van der Waals surface area (Å²) in [6.07, 6.45) is -11.2. The van der Waals surface area contributed by atoms with Gasteiger partial charge in [0, 0.05) is 6.92 Å². The molecule has 0 spiro atoms. The van der Waals surface area contributed by atoms with Crippen LogP contribution < -0.4 is 0 Å². The lowest BCUT2D eigenvalue weighted by Gasteiger charge is -2.52. The van der Waals surface area contributed by atoms with Gasteiger partial charge in [0.2, 0.25) is 0 Å². The molecule has 2 aliphatic heterocycles. The summed E-state index contributed by atoms with van der Waals surface area (Å²) < 4.78 is 56.7. The fourth-order valence-electron chi connectivity index (χ4n) is 6.56. The third-order valence-corrected chi connectivity index (χ3v) is 22.5. The summed E-state index contributed by atoms with van der Waals surface area (Å²) >= 11 is 2.24. The quantitative estimate of drug-likeness (QED) is 0.0507. The SMILES string of the molecule is CC(=O)OC[C@H]1O[C@H](OC[C@H]2O[C@@H](O)[C@H](OC(=O)c3ccccc3)[C@@H](OC(=O)c3ccccc3)[C@@H]2OC(=O)c2ccccc2)[C@H](I)[C@@H](O[Si](C)(C)C(C)(C)C)[C@@H]1O[Si](C)(C)C(C)(C)C. The number of alkyl halides is 1. The van der Waals surface area contributed by atoms with E-state index in [9.17, 15) is 24.3 Å². The molecule has 0 unspecified atom stereocenters. The minimum Gasteiger partial charge on any atom is -0.463 e. The second-order valence-corrected chi connectivity index (χ2v) is 30.0. The molecule has 2 aliphatic rings. The van der Waals surface area contributed by atoms with Crippen molar-refractivity contribution in [2.24, 2.45) is 0 Å². The molecule has 0 radical (unpaired) electrons. The van der Waals surface area contributed by atoms with Crippen LogP contribution in [0.1, 0.15) is 79.5 Å². The van der Waals surface area contributed by atoms with Crippen LogP contribution in [0.3, 0.4) is 0 Å². The van der Waals surface area contributed by atoms with Crippen molar-refractivity contribution < 1.29 is 66.3 Å². The molecule has 3 aromatic carbocycles. The maximum Gasteiger partial charge on any atom is 0.338 e. The molecule has 3 aromatic rings. The minimum atomic E-state index is -2.52. The van der Waals surface area contributed by atoms with Crippen LogP contribution in [0.25, 0.3) is 0 Å². The Labute approximate surface area is 392 Å². The van der Waals surface area contributed by atoms with Gasteiger partial charge < -0.3 is 47.1 Å². The number of carbonyl (C=O) groups excluding carboxylic acids is 4. The molecule has 5 rings (SSSR count). The van der Waals surface area contributed by atoms with Crippen LogP contribution in [-0.2, 0) is 46.8 Å². The van der Waals surface area contributed by atoms with E-state index in [1.165, 1.54) is 31.2 Å². The Morgan fingerprint density at radius 1 is 0.578 bits per heavy atom. The van der Waals surface area contributed by atoms with E-state index in [2.05, 4.69) is 90.3 Å². The van der Waals surface area contributed by atoms with E-state index in [1.807, 2.05) is 0 Å². The number of hydrogen-bond donors (Lipinski definition) is 1. The second kappa shape index (κ2) is 21.4. The average Bonchev–Trinajstić information content (AvgIpc) is 3.23. The molecule has 64 heavy (non-hydrogen) atoms. The monoisotopic (exact) mass is 1030 g/mol. The van der Waals surface area contributed by atoms with Gasteiger partial charge in [-0.1, -0.05) is 119 Å². The highest BCUT2D eigenvalue weighted by atomic mass is 127. The zero-order valence-electron chi connectivity index (χ0n) is 38.5. The van der Waals surface area contributed by atoms with Crippen molar-refractivity contribution in [3.63, 3.8) is 0 Å². The van der Waals surface area contributed by atoms with Crippen LogP contribution in [-0.4, -0.2) is 118 Å². The largest absolute Gasteiger partial charge is 0.463 e. The summed E-state index contributed by atoms with van der Waals surface area (Å²) in [6.45, 7) is 22.2. The molecular weight excluding hydrogens is 972 g/mol. The third-order valence-electron chi connectivity index (χ3n) is 12.3. The summed E-state index contributed by atoms with van der Waals surface area (Å²) in [4.78, 5) is 53.5. The first-order valence-electron chi connectivity index (χ1n) is 21.4. The predicted octanol–water partition coefficient (Wildman–Crippen LogP) is 8.27. The maximum atomic E-state index is 13.9. The predicted molar refractivity (Wildman–Crippen MR) is 251 cm³/mol. The van der Waals surface area contributed by atoms with Crippen LogP contribution >= 0.6 is 22.6 Å². The molecule has 350 valence electrons. The summed E-state index contributed by atoms with van der Waals surface area (Å²) in [7, 11) is -5.02. The van der Waals surface area contributed by atoms with E-state index in [0.717, 1.165) is 0 Å². The van der Waals surface area contributed by atoms with Gasteiger partial charge in [-0.2, -0.15) is 0 Å². The summed E-state index contributed by atoms with van der Waals surface area (Å²) in [6, 6.07) is 24.3. The number of aliphatic hydroxyl groups excluding tert-OH is 1. The maximum absolute atomic E-state index is 13.9. The Kier molecular flexibility index (Phi) is 17.2. The zero-order valence-corrected chi connectivity index (χ0v) is 42.6. The highest BCUT2D eigenvalue weighted by Gasteiger charge is 2.56. The van der Waals surface area contributed by atoms with Gasteiger partial charge in [-0.3, -0.25) is 4.79 Å². The van der Waals surface area contributed by atoms with E-state index in [-0.39, 0.29) is 33.4 Å². The minimum absolute atomic E-state index is 0.155. The first kappa shape index (κ1) is 51.4. The van der Waals surface area contributed by atoms with Crippen LogP contribution in [0.15, 0.2) is 91.0 Å². The molecule has 1 N–H and O–H groups in total. The van der Waals surface area contributed by atoms with Gasteiger partial charge in [0.25, 0.3) is 0 Å². The molecule has 17 heteroatoms. The number of benzene rings is 3. The Morgan fingerprint density at radius 2 is 0.969 bits per heavy atom. The van der Waals surface area contributed by atoms with E-state index in [1.54, 1.807) is 66.7 Å². The number of carbonyl (C=O) groups is 4. The van der Waals surface area contributed by atoms with Crippen LogP contribution in [0.4, 0.5) is 0 Å². The molecule has 0 bridgehead atoms. The summed E-state index contributed by atoms with van der Waals surface area (Å²) in [5.41, 5.74) is 0.484. The van der Waals surface area contributed by atoms with Crippen molar-refractivity contribution in [1.82, 2.24) is 0 Å². The van der Waals surface area contributed by atoms with Gasteiger partial charge in [-0.15, -0.1) is 0 Å². The van der Waals surface area contributed by atoms with Crippen molar-refractivity contribution >= 4 is 63.1 Å². The first-order chi connectivity index (χ1) is 29.9. The van der Waals surface area contributed by atoms with Gasteiger partial charge in [-0.05, 0) is 72.7 Å². The smallest absolute Gasteiger partial charge is 0.338 e. The molecule has 14 nitrogen and oxygen atoms in total. The number of ether oxygens (including phenoxy) is 7. The Morgan fingerprint density at radius 3 is 1.39 bits per heavy atom. The van der Waals surface area contributed by atoms with Crippen molar-refractivity contribution in [2.75, 3.05) is 13.2 Å². The normalized spacial score (nSPS) is 26.6. The van der Waals surface area contributed by atoms with Crippen molar-refractivity contribution in [1.29, 1.82) is 0 Å². The molecule has 0 amide bonds. The zero-order chi connectivity index (χ0) is 47.2. The van der Waals surface area contributed by atoms with Gasteiger partial charge in [-0.25, -0.2) is 14.4 Å². The average molecular weight is 1040 g/mol. The number of esters is 4. The standard InChI is InChI=1S/C47H63IO14Si2/c1-29(49)54-27-34-37(61-63(8,9)46(2,3)4)38(62-64(10,11)47(5,6)7)35(48)45(57-34)55-28-33-36(58-41(50)30-21-15-12-16-22-30)39(59-42(51)31-23-17-13-18-24-31)40(44(53)56-33)60-43(52)32-25-19-14-20-26-32/h12-26,33-40,44-45,53H,27-28H2,1-11H3/t33-,34-,35-,36-,37-,38-,39+,40-,44-,45+/m1/s1. The Bertz CT molecular complexity index is 2030. The molecule has 0 saturated carbocycles. The van der Waals surface area contributed by atoms with Crippen molar-refractivity contribution in [3.8, 4) is 0 Å². The number of aliphatic hydroxyl groups is 1. The van der Waals surface area contributed by atoms with Gasteiger partial charge in [0.15, 0.2) is 47.5 Å². The fourth-order valence-corrected chi connectivity index (χ4v) is 10.4. The van der Waals surface area contributed by atoms with Crippen LogP contribution in [0, 0.1) is 0 Å². The van der Waals surface area contributed by atoms with E-state index < -0.39 is 106 Å². The Hall–Kier alpha value is -3.54. The summed E-state index contributed by atoms with van der Waals surface area (Å²) in [5.74, 6) is -2.99. The van der Waals surface area contributed by atoms with E-state index >= 15 is 0 Å². The number of rotatable bonds is 15. The van der Waals surface area contributed by atoms with Gasteiger partial charge in [0.05, 0.1) is 33.3 Å². The third kappa shape index (κ3) is 12.9. The van der Waals surface area contributed by atoms with Crippen molar-refractivity contribution in [3.05, 3.63) is 108 Å². The van der Waals surface area contributed by atoms with E-state index in [0.29, 0.717) is 0 Å². The molecule has 0 aliphatic carbocycles. The second-order valence-electron chi connectivity index (χ2n) is 19.1.